The molecule has 0 aromatic carbocycles. The number of carboxylic acid groups (broad SMARTS) is 1. The van der Waals surface area contributed by atoms with Crippen LogP contribution in [0.15, 0.2) is 23.1 Å². The Morgan fingerprint density at radius 2 is 2.26 bits per heavy atom. The average Bonchev–Trinajstić information content (AvgIpc) is 2.83. The lowest BCUT2D eigenvalue weighted by molar-refractivity contribution is -0.148. The van der Waals surface area contributed by atoms with Crippen molar-refractivity contribution in [2.45, 2.75) is 31.7 Å². The smallest absolute Gasteiger partial charge is 0.329 e. The minimum absolute atomic E-state index is 0.0107. The fourth-order valence-corrected chi connectivity index (χ4v) is 2.65. The predicted molar refractivity (Wildman–Crippen MR) is 68.0 cm³/mol. The van der Waals surface area contributed by atoms with Gasteiger partial charge in [-0.25, -0.2) is 4.79 Å². The Hall–Kier alpha value is -2.11. The molecule has 19 heavy (non-hydrogen) atoms. The number of aliphatic carboxylic acids is 1. The van der Waals surface area contributed by atoms with Crippen molar-refractivity contribution in [3.8, 4) is 0 Å². The average molecular weight is 264 g/mol. The third-order valence-corrected chi connectivity index (χ3v) is 3.77. The molecule has 0 spiro atoms. The maximum atomic E-state index is 12.4. The zero-order valence-electron chi connectivity index (χ0n) is 10.7. The second-order valence-corrected chi connectivity index (χ2v) is 4.66. The molecule has 6 nitrogen and oxygen atoms in total. The van der Waals surface area contributed by atoms with Gasteiger partial charge in [0, 0.05) is 12.7 Å². The lowest BCUT2D eigenvalue weighted by atomic mass is 9.92. The maximum Gasteiger partial charge on any atom is 0.329 e. The molecule has 1 aliphatic heterocycles. The first-order valence-electron chi connectivity index (χ1n) is 6.26. The summed E-state index contributed by atoms with van der Waals surface area (Å²) in [6.45, 7) is 2.11. The van der Waals surface area contributed by atoms with Gasteiger partial charge >= 0.3 is 5.97 Å². The lowest BCUT2D eigenvalue weighted by Gasteiger charge is -2.33. The van der Waals surface area contributed by atoms with E-state index in [2.05, 4.69) is 4.98 Å². The van der Waals surface area contributed by atoms with Gasteiger partial charge in [-0.2, -0.15) is 0 Å². The summed E-state index contributed by atoms with van der Waals surface area (Å²) in [6, 6.07) is 2.97. The Labute approximate surface area is 110 Å². The quantitative estimate of drug-likeness (QED) is 0.846. The van der Waals surface area contributed by atoms with Crippen LogP contribution in [0, 0.1) is 0 Å². The Kier molecular flexibility index (Phi) is 3.42. The van der Waals surface area contributed by atoms with Crippen LogP contribution < -0.4 is 5.56 Å². The van der Waals surface area contributed by atoms with Crippen LogP contribution in [0.25, 0.3) is 0 Å². The molecule has 1 aromatic rings. The summed E-state index contributed by atoms with van der Waals surface area (Å²) < 4.78 is 0. The number of hydrogen-bond acceptors (Lipinski definition) is 3. The van der Waals surface area contributed by atoms with Crippen molar-refractivity contribution < 1.29 is 14.7 Å². The van der Waals surface area contributed by atoms with E-state index in [1.807, 2.05) is 0 Å². The number of carbonyl (C=O) groups excluding carboxylic acids is 1. The Morgan fingerprint density at radius 1 is 1.53 bits per heavy atom. The molecule has 0 radical (unpaired) electrons. The first-order chi connectivity index (χ1) is 9.03. The molecule has 2 rings (SSSR count). The van der Waals surface area contributed by atoms with Crippen LogP contribution in [0.5, 0.6) is 0 Å². The fraction of sp³-hybridized carbons (Fsp3) is 0.462. The monoisotopic (exact) mass is 264 g/mol. The van der Waals surface area contributed by atoms with Crippen molar-refractivity contribution in [2.75, 3.05) is 6.54 Å². The van der Waals surface area contributed by atoms with Gasteiger partial charge in [0.1, 0.15) is 11.1 Å². The summed E-state index contributed by atoms with van der Waals surface area (Å²) in [5.41, 5.74) is -1.68. The molecular formula is C13H16N2O4. The number of nitrogens with zero attached hydrogens (tertiary/aromatic N) is 1. The molecule has 0 bridgehead atoms. The van der Waals surface area contributed by atoms with Crippen LogP contribution >= 0.6 is 0 Å². The van der Waals surface area contributed by atoms with Gasteiger partial charge in [0.25, 0.3) is 11.5 Å². The minimum atomic E-state index is -1.18. The first-order valence-corrected chi connectivity index (χ1v) is 6.26. The van der Waals surface area contributed by atoms with Crippen molar-refractivity contribution in [3.05, 3.63) is 34.2 Å². The third-order valence-electron chi connectivity index (χ3n) is 3.77. The van der Waals surface area contributed by atoms with Crippen LogP contribution in [0.4, 0.5) is 0 Å². The van der Waals surface area contributed by atoms with Crippen molar-refractivity contribution in [3.63, 3.8) is 0 Å². The molecule has 1 fully saturated rings. The van der Waals surface area contributed by atoms with E-state index in [1.165, 1.54) is 17.2 Å². The van der Waals surface area contributed by atoms with E-state index in [-0.39, 0.29) is 5.56 Å². The molecule has 1 atom stereocenters. The number of nitrogens with one attached hydrogen (secondary N) is 1. The van der Waals surface area contributed by atoms with Crippen LogP contribution in [0.2, 0.25) is 0 Å². The van der Waals surface area contributed by atoms with Crippen LogP contribution in [-0.2, 0) is 4.79 Å². The Balaban J connectivity index is 2.41. The molecule has 2 heterocycles. The van der Waals surface area contributed by atoms with Gasteiger partial charge in [-0.3, -0.25) is 9.59 Å². The molecule has 2 N–H and O–H groups in total. The van der Waals surface area contributed by atoms with Gasteiger partial charge in [0.2, 0.25) is 0 Å². The number of likely N-dealkylation sites (tertiary alicyclic amines) is 1. The number of aromatic nitrogens is 1. The molecule has 0 saturated carbocycles. The first kappa shape index (κ1) is 13.3. The zero-order valence-corrected chi connectivity index (χ0v) is 10.7. The van der Waals surface area contributed by atoms with Crippen LogP contribution in [0.1, 0.15) is 36.5 Å². The molecule has 1 unspecified atom stereocenters. The van der Waals surface area contributed by atoms with E-state index < -0.39 is 23.0 Å². The molecule has 1 saturated heterocycles. The van der Waals surface area contributed by atoms with Crippen molar-refractivity contribution in [1.82, 2.24) is 9.88 Å². The number of rotatable bonds is 3. The number of carboxylic acids is 1. The van der Waals surface area contributed by atoms with Crippen molar-refractivity contribution in [2.24, 2.45) is 0 Å². The molecule has 1 aromatic heterocycles. The third kappa shape index (κ3) is 2.03. The lowest BCUT2D eigenvalue weighted by Crippen LogP contribution is -2.53. The Bertz CT molecular complexity index is 566. The Morgan fingerprint density at radius 3 is 2.84 bits per heavy atom. The van der Waals surface area contributed by atoms with E-state index in [0.717, 1.165) is 0 Å². The van der Waals surface area contributed by atoms with E-state index in [4.69, 9.17) is 0 Å². The highest BCUT2D eigenvalue weighted by Crippen LogP contribution is 2.33. The normalized spacial score (nSPS) is 22.5. The number of amides is 1. The highest BCUT2D eigenvalue weighted by molar-refractivity contribution is 5.98. The highest BCUT2D eigenvalue weighted by atomic mass is 16.4. The minimum Gasteiger partial charge on any atom is -0.479 e. The molecule has 1 amide bonds. The van der Waals surface area contributed by atoms with Gasteiger partial charge in [0.15, 0.2) is 0 Å². The number of H-pyrrole nitrogens is 1. The largest absolute Gasteiger partial charge is 0.479 e. The summed E-state index contributed by atoms with van der Waals surface area (Å²) in [6.07, 6.45) is 2.83. The fourth-order valence-electron chi connectivity index (χ4n) is 2.65. The molecule has 0 aliphatic carbocycles. The number of aromatic amines is 1. The maximum absolute atomic E-state index is 12.4. The standard InChI is InChI=1S/C13H16N2O4/c1-2-13(12(18)19)6-4-8-15(13)11(17)9-5-3-7-14-10(9)16/h3,5,7H,2,4,6,8H2,1H3,(H,14,16)(H,18,19). The van der Waals surface area contributed by atoms with Crippen molar-refractivity contribution >= 4 is 11.9 Å². The summed E-state index contributed by atoms with van der Waals surface area (Å²) in [7, 11) is 0. The zero-order chi connectivity index (χ0) is 14.0. The second kappa shape index (κ2) is 4.87. The van der Waals surface area contributed by atoms with E-state index in [9.17, 15) is 19.5 Å². The summed E-state index contributed by atoms with van der Waals surface area (Å²) >= 11 is 0. The summed E-state index contributed by atoms with van der Waals surface area (Å²) in [4.78, 5) is 39.3. The van der Waals surface area contributed by atoms with Gasteiger partial charge in [-0.05, 0) is 31.4 Å². The molecule has 6 heteroatoms. The SMILES string of the molecule is CCC1(C(=O)O)CCCN1C(=O)c1ccc[nH]c1=O. The second-order valence-electron chi connectivity index (χ2n) is 4.66. The molecule has 1 aliphatic rings. The number of carbonyl (C=O) groups is 2. The topological polar surface area (TPSA) is 90.5 Å². The summed E-state index contributed by atoms with van der Waals surface area (Å²) in [5.74, 6) is -1.52. The van der Waals surface area contributed by atoms with Gasteiger partial charge in [-0.15, -0.1) is 0 Å². The molecular weight excluding hydrogens is 248 g/mol. The number of pyridine rings is 1. The van der Waals surface area contributed by atoms with Crippen LogP contribution in [-0.4, -0.2) is 39.0 Å². The van der Waals surface area contributed by atoms with Gasteiger partial charge in [-0.1, -0.05) is 6.92 Å². The van der Waals surface area contributed by atoms with Gasteiger partial charge < -0.3 is 15.0 Å². The molecule has 102 valence electrons. The van der Waals surface area contributed by atoms with Crippen LogP contribution in [0.3, 0.4) is 0 Å². The predicted octanol–water partition coefficient (Wildman–Crippen LogP) is 0.844. The van der Waals surface area contributed by atoms with Gasteiger partial charge in [0.05, 0.1) is 0 Å². The highest BCUT2D eigenvalue weighted by Gasteiger charge is 2.48. The van der Waals surface area contributed by atoms with Crippen molar-refractivity contribution in [1.29, 1.82) is 0 Å². The van der Waals surface area contributed by atoms with E-state index in [1.54, 1.807) is 13.0 Å². The van der Waals surface area contributed by atoms with E-state index >= 15 is 0 Å². The summed E-state index contributed by atoms with van der Waals surface area (Å²) in [5, 5.41) is 9.42. The van der Waals surface area contributed by atoms with E-state index in [0.29, 0.717) is 25.8 Å². The number of hydrogen-bond donors (Lipinski definition) is 2.